The van der Waals surface area contributed by atoms with Crippen molar-refractivity contribution in [2.45, 2.75) is 12.6 Å². The summed E-state index contributed by atoms with van der Waals surface area (Å²) in [5.74, 6) is 0. The standard InChI is InChI=1S/C13H18N6.ClH/c1-18-12(8-16-17-18)10-19-6-5-15-9-13(19)11-3-2-4-14-7-11;/h2-4,7-8,13,15H,5-6,9-10H2,1H3;1H. The van der Waals surface area contributed by atoms with Crippen molar-refractivity contribution in [2.75, 3.05) is 19.6 Å². The number of aromatic nitrogens is 4. The van der Waals surface area contributed by atoms with Crippen molar-refractivity contribution in [3.05, 3.63) is 42.0 Å². The van der Waals surface area contributed by atoms with Crippen molar-refractivity contribution >= 4 is 12.4 Å². The lowest BCUT2D eigenvalue weighted by Crippen LogP contribution is -2.45. The first-order valence-electron chi connectivity index (χ1n) is 6.53. The number of piperazine rings is 1. The van der Waals surface area contributed by atoms with E-state index in [2.05, 4.69) is 31.6 Å². The maximum absolute atomic E-state index is 4.22. The van der Waals surface area contributed by atoms with Crippen molar-refractivity contribution in [3.8, 4) is 0 Å². The SMILES string of the molecule is Cl.Cn1nncc1CN1CCNCC1c1cccnc1. The highest BCUT2D eigenvalue weighted by Crippen LogP contribution is 2.22. The first-order chi connectivity index (χ1) is 9.34. The summed E-state index contributed by atoms with van der Waals surface area (Å²) in [4.78, 5) is 6.68. The minimum atomic E-state index is 0. The van der Waals surface area contributed by atoms with E-state index >= 15 is 0 Å². The van der Waals surface area contributed by atoms with E-state index in [1.807, 2.05) is 36.4 Å². The lowest BCUT2D eigenvalue weighted by molar-refractivity contribution is 0.150. The Balaban J connectivity index is 0.00000147. The molecule has 3 rings (SSSR count). The van der Waals surface area contributed by atoms with Crippen LogP contribution in [0.1, 0.15) is 17.3 Å². The molecule has 6 nitrogen and oxygen atoms in total. The van der Waals surface area contributed by atoms with Gasteiger partial charge in [0.1, 0.15) is 0 Å². The second-order valence-electron chi connectivity index (χ2n) is 4.83. The lowest BCUT2D eigenvalue weighted by atomic mass is 10.1. The summed E-state index contributed by atoms with van der Waals surface area (Å²) in [6.45, 7) is 3.86. The molecular weight excluding hydrogens is 276 g/mol. The molecule has 0 aliphatic carbocycles. The van der Waals surface area contributed by atoms with Crippen LogP contribution in [0.15, 0.2) is 30.7 Å². The summed E-state index contributed by atoms with van der Waals surface area (Å²) in [6.07, 6.45) is 5.60. The highest BCUT2D eigenvalue weighted by molar-refractivity contribution is 5.85. The van der Waals surface area contributed by atoms with Gasteiger partial charge in [0.25, 0.3) is 0 Å². The van der Waals surface area contributed by atoms with Crippen molar-refractivity contribution in [1.29, 1.82) is 0 Å². The Morgan fingerprint density at radius 3 is 3.00 bits per heavy atom. The molecule has 1 N–H and O–H groups in total. The van der Waals surface area contributed by atoms with E-state index in [4.69, 9.17) is 0 Å². The van der Waals surface area contributed by atoms with E-state index in [0.717, 1.165) is 31.9 Å². The molecule has 0 amide bonds. The molecule has 3 heterocycles. The third-order valence-electron chi connectivity index (χ3n) is 3.60. The summed E-state index contributed by atoms with van der Waals surface area (Å²) >= 11 is 0. The van der Waals surface area contributed by atoms with Gasteiger partial charge in [-0.2, -0.15) is 0 Å². The first-order valence-corrected chi connectivity index (χ1v) is 6.53. The number of halogens is 1. The summed E-state index contributed by atoms with van der Waals surface area (Å²) in [5, 5.41) is 11.4. The monoisotopic (exact) mass is 294 g/mol. The van der Waals surface area contributed by atoms with E-state index in [1.54, 1.807) is 0 Å². The Morgan fingerprint density at radius 2 is 2.30 bits per heavy atom. The van der Waals surface area contributed by atoms with Crippen LogP contribution in [-0.2, 0) is 13.6 Å². The molecule has 0 spiro atoms. The smallest absolute Gasteiger partial charge is 0.0738 e. The molecular formula is C13H19ClN6. The van der Waals surface area contributed by atoms with Crippen LogP contribution in [0.2, 0.25) is 0 Å². The van der Waals surface area contributed by atoms with Gasteiger partial charge in [-0.3, -0.25) is 14.6 Å². The van der Waals surface area contributed by atoms with Gasteiger partial charge in [-0.25, -0.2) is 0 Å². The van der Waals surface area contributed by atoms with Crippen molar-refractivity contribution < 1.29 is 0 Å². The fraction of sp³-hybridized carbons (Fsp3) is 0.462. The molecule has 0 saturated carbocycles. The highest BCUT2D eigenvalue weighted by Gasteiger charge is 2.24. The van der Waals surface area contributed by atoms with E-state index in [9.17, 15) is 0 Å². The lowest BCUT2D eigenvalue weighted by Gasteiger charge is -2.36. The van der Waals surface area contributed by atoms with Gasteiger partial charge in [-0.05, 0) is 11.6 Å². The quantitative estimate of drug-likeness (QED) is 0.906. The van der Waals surface area contributed by atoms with Gasteiger partial charge >= 0.3 is 0 Å². The second-order valence-corrected chi connectivity index (χ2v) is 4.83. The molecule has 1 atom stereocenters. The molecule has 108 valence electrons. The molecule has 2 aromatic rings. The average molecular weight is 295 g/mol. The van der Waals surface area contributed by atoms with Crippen LogP contribution >= 0.6 is 12.4 Å². The molecule has 1 saturated heterocycles. The Bertz CT molecular complexity index is 529. The summed E-state index contributed by atoms with van der Waals surface area (Å²) in [7, 11) is 1.93. The Labute approximate surface area is 124 Å². The zero-order chi connectivity index (χ0) is 13.1. The Kier molecular flexibility index (Phi) is 5.05. The highest BCUT2D eigenvalue weighted by atomic mass is 35.5. The zero-order valence-electron chi connectivity index (χ0n) is 11.4. The minimum Gasteiger partial charge on any atom is -0.314 e. The minimum absolute atomic E-state index is 0. The molecule has 0 bridgehead atoms. The van der Waals surface area contributed by atoms with Gasteiger partial charge in [0, 0.05) is 51.7 Å². The largest absolute Gasteiger partial charge is 0.314 e. The fourth-order valence-corrected chi connectivity index (χ4v) is 2.50. The van der Waals surface area contributed by atoms with Crippen LogP contribution in [0.25, 0.3) is 0 Å². The van der Waals surface area contributed by atoms with Crippen molar-refractivity contribution in [3.63, 3.8) is 0 Å². The maximum atomic E-state index is 4.22. The Hall–Kier alpha value is -1.50. The van der Waals surface area contributed by atoms with Crippen molar-refractivity contribution in [2.24, 2.45) is 7.05 Å². The molecule has 1 aliphatic heterocycles. The molecule has 0 aromatic carbocycles. The van der Waals surface area contributed by atoms with Gasteiger partial charge in [0.15, 0.2) is 0 Å². The maximum Gasteiger partial charge on any atom is 0.0738 e. The predicted molar refractivity (Wildman–Crippen MR) is 78.5 cm³/mol. The van der Waals surface area contributed by atoms with Gasteiger partial charge in [0.05, 0.1) is 11.9 Å². The Morgan fingerprint density at radius 1 is 1.40 bits per heavy atom. The fourth-order valence-electron chi connectivity index (χ4n) is 2.50. The number of nitrogens with one attached hydrogen (secondary N) is 1. The number of hydrogen-bond acceptors (Lipinski definition) is 5. The van der Waals surface area contributed by atoms with Crippen LogP contribution in [-0.4, -0.2) is 44.5 Å². The van der Waals surface area contributed by atoms with E-state index in [-0.39, 0.29) is 12.4 Å². The molecule has 1 unspecified atom stereocenters. The number of aryl methyl sites for hydroxylation is 1. The topological polar surface area (TPSA) is 58.9 Å². The average Bonchev–Trinajstić information content (AvgIpc) is 2.86. The van der Waals surface area contributed by atoms with Gasteiger partial charge in [-0.15, -0.1) is 17.5 Å². The van der Waals surface area contributed by atoms with Gasteiger partial charge < -0.3 is 5.32 Å². The summed E-state index contributed by atoms with van der Waals surface area (Å²) < 4.78 is 1.84. The normalized spacial score (nSPS) is 19.6. The third kappa shape index (κ3) is 3.15. The molecule has 2 aromatic heterocycles. The van der Waals surface area contributed by atoms with E-state index in [0.29, 0.717) is 6.04 Å². The van der Waals surface area contributed by atoms with Gasteiger partial charge in [0.2, 0.25) is 0 Å². The first kappa shape index (κ1) is 14.9. The predicted octanol–water partition coefficient (Wildman–Crippen LogP) is 0.778. The number of rotatable bonds is 3. The third-order valence-corrected chi connectivity index (χ3v) is 3.60. The van der Waals surface area contributed by atoms with Crippen LogP contribution < -0.4 is 5.32 Å². The van der Waals surface area contributed by atoms with Gasteiger partial charge in [-0.1, -0.05) is 11.3 Å². The zero-order valence-corrected chi connectivity index (χ0v) is 12.3. The molecule has 1 aliphatic rings. The molecule has 20 heavy (non-hydrogen) atoms. The van der Waals surface area contributed by atoms with Crippen LogP contribution in [0.3, 0.4) is 0 Å². The molecule has 7 heteroatoms. The number of pyridine rings is 1. The van der Waals surface area contributed by atoms with E-state index in [1.165, 1.54) is 5.56 Å². The van der Waals surface area contributed by atoms with Crippen LogP contribution in [0, 0.1) is 0 Å². The summed E-state index contributed by atoms with van der Waals surface area (Å²) in [6, 6.07) is 4.49. The van der Waals surface area contributed by atoms with Crippen molar-refractivity contribution in [1.82, 2.24) is 30.2 Å². The second kappa shape index (κ2) is 6.78. The van der Waals surface area contributed by atoms with Crippen LogP contribution in [0.5, 0.6) is 0 Å². The number of hydrogen-bond donors (Lipinski definition) is 1. The number of nitrogens with zero attached hydrogens (tertiary/aromatic N) is 5. The van der Waals surface area contributed by atoms with E-state index < -0.39 is 0 Å². The summed E-state index contributed by atoms with van der Waals surface area (Å²) in [5.41, 5.74) is 2.39. The molecule has 1 fully saturated rings. The molecule has 0 radical (unpaired) electrons. The van der Waals surface area contributed by atoms with Crippen LogP contribution in [0.4, 0.5) is 0 Å².